The minimum Gasteiger partial charge on any atom is -0.366 e. The Kier molecular flexibility index (Phi) is 2.69. The third kappa shape index (κ3) is 2.26. The van der Waals surface area contributed by atoms with Crippen molar-refractivity contribution in [1.29, 1.82) is 0 Å². The normalized spacial score (nSPS) is 10.1. The van der Waals surface area contributed by atoms with Crippen molar-refractivity contribution < 1.29 is 4.39 Å². The summed E-state index contributed by atoms with van der Waals surface area (Å²) in [5.41, 5.74) is 1.16. The van der Waals surface area contributed by atoms with Crippen LogP contribution in [-0.4, -0.2) is 9.97 Å². The topological polar surface area (TPSA) is 37.8 Å². The second-order valence-corrected chi connectivity index (χ2v) is 3.49. The van der Waals surface area contributed by atoms with Crippen LogP contribution >= 0.6 is 11.3 Å². The SMILES string of the molecule is Fc1cc(NCc2ccsc2)ncn1. The maximum atomic E-state index is 12.6. The Morgan fingerprint density at radius 2 is 2.36 bits per heavy atom. The van der Waals surface area contributed by atoms with Gasteiger partial charge in [0, 0.05) is 12.6 Å². The lowest BCUT2D eigenvalue weighted by Crippen LogP contribution is -2.01. The molecule has 0 aliphatic rings. The highest BCUT2D eigenvalue weighted by atomic mass is 32.1. The molecule has 5 heteroatoms. The second kappa shape index (κ2) is 4.15. The zero-order valence-corrected chi connectivity index (χ0v) is 8.09. The van der Waals surface area contributed by atoms with Gasteiger partial charge >= 0.3 is 0 Å². The van der Waals surface area contributed by atoms with Crippen LogP contribution in [0, 0.1) is 5.95 Å². The quantitative estimate of drug-likeness (QED) is 0.788. The molecule has 2 rings (SSSR count). The molecule has 0 saturated carbocycles. The van der Waals surface area contributed by atoms with Gasteiger partial charge in [0.15, 0.2) is 0 Å². The van der Waals surface area contributed by atoms with Gasteiger partial charge in [-0.15, -0.1) is 0 Å². The van der Waals surface area contributed by atoms with Crippen LogP contribution in [-0.2, 0) is 6.54 Å². The molecule has 3 nitrogen and oxygen atoms in total. The number of nitrogens with zero attached hydrogens (tertiary/aromatic N) is 2. The molecule has 2 aromatic rings. The van der Waals surface area contributed by atoms with E-state index in [0.29, 0.717) is 12.4 Å². The zero-order chi connectivity index (χ0) is 9.80. The van der Waals surface area contributed by atoms with Gasteiger partial charge in [0.1, 0.15) is 12.1 Å². The molecule has 0 aliphatic carbocycles. The lowest BCUT2D eigenvalue weighted by atomic mass is 10.3. The van der Waals surface area contributed by atoms with E-state index in [0.717, 1.165) is 5.56 Å². The molecule has 2 aromatic heterocycles. The Labute approximate surface area is 84.6 Å². The fourth-order valence-corrected chi connectivity index (χ4v) is 1.68. The molecule has 0 saturated heterocycles. The molecular weight excluding hydrogens is 201 g/mol. The van der Waals surface area contributed by atoms with Crippen molar-refractivity contribution in [1.82, 2.24) is 9.97 Å². The summed E-state index contributed by atoms with van der Waals surface area (Å²) in [6.45, 7) is 0.653. The van der Waals surface area contributed by atoms with Crippen molar-refractivity contribution in [2.75, 3.05) is 5.32 Å². The Morgan fingerprint density at radius 1 is 1.43 bits per heavy atom. The van der Waals surface area contributed by atoms with Crippen LogP contribution in [0.25, 0.3) is 0 Å². The van der Waals surface area contributed by atoms with E-state index in [1.807, 2.05) is 16.8 Å². The van der Waals surface area contributed by atoms with Crippen molar-refractivity contribution in [2.45, 2.75) is 6.54 Å². The van der Waals surface area contributed by atoms with Crippen molar-refractivity contribution in [2.24, 2.45) is 0 Å². The summed E-state index contributed by atoms with van der Waals surface area (Å²) in [5.74, 6) is -0.0171. The Bertz CT molecular complexity index is 402. The first-order valence-electron chi connectivity index (χ1n) is 4.07. The maximum Gasteiger partial charge on any atom is 0.217 e. The summed E-state index contributed by atoms with van der Waals surface area (Å²) in [4.78, 5) is 7.25. The van der Waals surface area contributed by atoms with Crippen LogP contribution in [0.5, 0.6) is 0 Å². The van der Waals surface area contributed by atoms with E-state index in [9.17, 15) is 4.39 Å². The molecule has 1 N–H and O–H groups in total. The second-order valence-electron chi connectivity index (χ2n) is 2.71. The fourth-order valence-electron chi connectivity index (χ4n) is 1.02. The molecule has 14 heavy (non-hydrogen) atoms. The number of hydrogen-bond acceptors (Lipinski definition) is 4. The molecule has 0 fully saturated rings. The van der Waals surface area contributed by atoms with E-state index in [-0.39, 0.29) is 0 Å². The van der Waals surface area contributed by atoms with E-state index >= 15 is 0 Å². The van der Waals surface area contributed by atoms with Crippen LogP contribution in [0.1, 0.15) is 5.56 Å². The first kappa shape index (κ1) is 9.08. The molecule has 2 heterocycles. The van der Waals surface area contributed by atoms with Gasteiger partial charge < -0.3 is 5.32 Å². The van der Waals surface area contributed by atoms with Gasteiger partial charge in [0.05, 0.1) is 0 Å². The number of hydrogen-bond donors (Lipinski definition) is 1. The molecule has 0 atom stereocenters. The smallest absolute Gasteiger partial charge is 0.217 e. The minimum absolute atomic E-state index is 0.503. The maximum absolute atomic E-state index is 12.6. The van der Waals surface area contributed by atoms with Crippen LogP contribution < -0.4 is 5.32 Å². The van der Waals surface area contributed by atoms with Crippen LogP contribution in [0.4, 0.5) is 10.2 Å². The lowest BCUT2D eigenvalue weighted by molar-refractivity contribution is 0.580. The van der Waals surface area contributed by atoms with Crippen LogP contribution in [0.3, 0.4) is 0 Å². The monoisotopic (exact) mass is 209 g/mol. The van der Waals surface area contributed by atoms with E-state index in [1.54, 1.807) is 11.3 Å². The minimum atomic E-state index is -0.521. The summed E-state index contributed by atoms with van der Waals surface area (Å²) in [6, 6.07) is 3.28. The molecular formula is C9H8FN3S. The van der Waals surface area contributed by atoms with E-state index in [2.05, 4.69) is 15.3 Å². The summed E-state index contributed by atoms with van der Waals surface area (Å²) in [5, 5.41) is 7.03. The van der Waals surface area contributed by atoms with E-state index in [4.69, 9.17) is 0 Å². The summed E-state index contributed by atoms with van der Waals surface area (Å²) in [6.07, 6.45) is 1.20. The Balaban J connectivity index is 1.98. The third-order valence-corrected chi connectivity index (χ3v) is 2.42. The van der Waals surface area contributed by atoms with Crippen molar-refractivity contribution in [3.63, 3.8) is 0 Å². The van der Waals surface area contributed by atoms with Crippen LogP contribution in [0.15, 0.2) is 29.2 Å². The first-order valence-corrected chi connectivity index (χ1v) is 5.01. The van der Waals surface area contributed by atoms with E-state index in [1.165, 1.54) is 12.4 Å². The fraction of sp³-hybridized carbons (Fsp3) is 0.111. The average molecular weight is 209 g/mol. The number of halogens is 1. The highest BCUT2D eigenvalue weighted by Crippen LogP contribution is 2.09. The van der Waals surface area contributed by atoms with Crippen molar-refractivity contribution in [3.8, 4) is 0 Å². The third-order valence-electron chi connectivity index (χ3n) is 1.69. The average Bonchev–Trinajstić information content (AvgIpc) is 2.67. The van der Waals surface area contributed by atoms with Gasteiger partial charge in [-0.1, -0.05) is 0 Å². The summed E-state index contributed by atoms with van der Waals surface area (Å²) < 4.78 is 12.6. The number of thiophene rings is 1. The predicted octanol–water partition coefficient (Wildman–Crippen LogP) is 2.29. The number of rotatable bonds is 3. The van der Waals surface area contributed by atoms with Crippen molar-refractivity contribution in [3.05, 3.63) is 40.7 Å². The predicted molar refractivity (Wildman–Crippen MR) is 53.6 cm³/mol. The molecule has 0 aliphatic heterocycles. The van der Waals surface area contributed by atoms with Gasteiger partial charge in [-0.3, -0.25) is 0 Å². The molecule has 72 valence electrons. The summed E-state index contributed by atoms with van der Waals surface area (Å²) in [7, 11) is 0. The zero-order valence-electron chi connectivity index (χ0n) is 7.27. The standard InChI is InChI=1S/C9H8FN3S/c10-8-3-9(13-6-12-8)11-4-7-1-2-14-5-7/h1-3,5-6H,4H2,(H,11,12,13). The van der Waals surface area contributed by atoms with Gasteiger partial charge in [-0.05, 0) is 22.4 Å². The lowest BCUT2D eigenvalue weighted by Gasteiger charge is -2.02. The Morgan fingerprint density at radius 3 is 3.07 bits per heavy atom. The number of anilines is 1. The highest BCUT2D eigenvalue weighted by Gasteiger charge is 1.97. The number of aromatic nitrogens is 2. The number of nitrogens with one attached hydrogen (secondary N) is 1. The van der Waals surface area contributed by atoms with Gasteiger partial charge in [-0.25, -0.2) is 9.97 Å². The Hall–Kier alpha value is -1.49. The van der Waals surface area contributed by atoms with Gasteiger partial charge in [0.25, 0.3) is 0 Å². The summed E-state index contributed by atoms with van der Waals surface area (Å²) >= 11 is 1.63. The first-order chi connectivity index (χ1) is 6.84. The molecule has 0 amide bonds. The molecule has 0 spiro atoms. The largest absolute Gasteiger partial charge is 0.366 e. The van der Waals surface area contributed by atoms with Crippen LogP contribution in [0.2, 0.25) is 0 Å². The van der Waals surface area contributed by atoms with Gasteiger partial charge in [0.2, 0.25) is 5.95 Å². The van der Waals surface area contributed by atoms with Crippen molar-refractivity contribution >= 4 is 17.2 Å². The van der Waals surface area contributed by atoms with Gasteiger partial charge in [-0.2, -0.15) is 15.7 Å². The van der Waals surface area contributed by atoms with E-state index < -0.39 is 5.95 Å². The molecule has 0 radical (unpaired) electrons. The molecule has 0 unspecified atom stereocenters. The molecule has 0 aromatic carbocycles. The highest BCUT2D eigenvalue weighted by molar-refractivity contribution is 7.07. The molecule has 0 bridgehead atoms.